The van der Waals surface area contributed by atoms with Crippen LogP contribution in [0.5, 0.6) is 0 Å². The van der Waals surface area contributed by atoms with Crippen molar-refractivity contribution < 1.29 is 0 Å². The second-order valence-corrected chi connectivity index (χ2v) is 29.8. The number of para-hydroxylation sites is 2. The summed E-state index contributed by atoms with van der Waals surface area (Å²) in [5.74, 6) is 0. The predicted molar refractivity (Wildman–Crippen MR) is 341 cm³/mol. The summed E-state index contributed by atoms with van der Waals surface area (Å²) in [6.45, 7) is 41.3. The summed E-state index contributed by atoms with van der Waals surface area (Å²) < 4.78 is 0. The first-order chi connectivity index (χ1) is 37.1. The molecule has 0 aromatic heterocycles. The van der Waals surface area contributed by atoms with E-state index in [0.717, 1.165) is 23.5 Å². The summed E-state index contributed by atoms with van der Waals surface area (Å²) in [5.41, 5.74) is 30.5. The van der Waals surface area contributed by atoms with Gasteiger partial charge in [-0.05, 0) is 209 Å². The standard InChI is InChI=1S/C75H82BN3/c1-46-36-57-59(72(10,11)35-34-71(57,8)9)43-63(46)79-65-44-60-58(73(12,13)45-74(60,14)15)42-62(65)76-61-33-30-52(77(49-24-20-18-21-25-49)50-26-22-19-23-27-50)41-64(61)78(66-38-48(70(5,6)7)39-67(79)68(66)76)51-29-32-54-53-31-28-47(69(2,3)4)37-55(53)75(16,17)56(54)40-51/h18-33,36-44H,34-35,45H2,1-17H3. The molecule has 400 valence electrons. The van der Waals surface area contributed by atoms with Crippen molar-refractivity contribution in [3.8, 4) is 11.1 Å². The van der Waals surface area contributed by atoms with Gasteiger partial charge in [-0.15, -0.1) is 0 Å². The molecule has 3 nitrogen and oxygen atoms in total. The Morgan fingerprint density at radius 1 is 0.405 bits per heavy atom. The molecule has 8 aromatic carbocycles. The number of anilines is 9. The van der Waals surface area contributed by atoms with Crippen LogP contribution >= 0.6 is 0 Å². The molecule has 4 heteroatoms. The Morgan fingerprint density at radius 2 is 0.911 bits per heavy atom. The summed E-state index contributed by atoms with van der Waals surface area (Å²) >= 11 is 0. The maximum Gasteiger partial charge on any atom is 0.252 e. The SMILES string of the molecule is Cc1cc2c(cc1N1c3cc4c(cc3B3c5ccc(N(c6ccccc6)c6ccccc6)cc5N(c5ccc6c(c5)C(C)(C)c5cc(C(C)(C)C)ccc5-6)c5cc(C(C)(C)C)cc1c53)C(C)(C)CC4(C)C)C(C)(C)CCC2(C)C. The first-order valence-corrected chi connectivity index (χ1v) is 29.5. The van der Waals surface area contributed by atoms with Crippen LogP contribution in [0.2, 0.25) is 0 Å². The van der Waals surface area contributed by atoms with Crippen molar-refractivity contribution in [1.82, 2.24) is 0 Å². The number of benzene rings is 8. The first-order valence-electron chi connectivity index (χ1n) is 29.5. The summed E-state index contributed by atoms with van der Waals surface area (Å²) in [4.78, 5) is 7.89. The Hall–Kier alpha value is -6.78. The Labute approximate surface area is 474 Å². The number of hydrogen-bond acceptors (Lipinski definition) is 3. The zero-order chi connectivity index (χ0) is 55.9. The minimum absolute atomic E-state index is 0.0109. The summed E-state index contributed by atoms with van der Waals surface area (Å²) in [7, 11) is 0. The van der Waals surface area contributed by atoms with Gasteiger partial charge < -0.3 is 14.7 Å². The number of aryl methyl sites for hydroxylation is 1. The molecular formula is C75H82BN3. The van der Waals surface area contributed by atoms with Gasteiger partial charge in [0.2, 0.25) is 0 Å². The van der Waals surface area contributed by atoms with Crippen molar-refractivity contribution in [2.45, 2.75) is 175 Å². The summed E-state index contributed by atoms with van der Waals surface area (Å²) in [6.07, 6.45) is 3.46. The molecule has 0 bridgehead atoms. The van der Waals surface area contributed by atoms with Gasteiger partial charge in [-0.3, -0.25) is 0 Å². The molecule has 0 saturated heterocycles. The quantitative estimate of drug-likeness (QED) is 0.159. The lowest BCUT2D eigenvalue weighted by molar-refractivity contribution is 0.332. The van der Waals surface area contributed by atoms with Crippen LogP contribution in [0.25, 0.3) is 11.1 Å². The zero-order valence-electron chi connectivity index (χ0n) is 50.5. The first kappa shape index (κ1) is 51.6. The smallest absolute Gasteiger partial charge is 0.252 e. The fraction of sp³-hybridized carbons (Fsp3) is 0.360. The molecule has 13 rings (SSSR count). The van der Waals surface area contributed by atoms with E-state index in [1.165, 1.54) is 125 Å². The van der Waals surface area contributed by atoms with Gasteiger partial charge in [-0.1, -0.05) is 190 Å². The van der Waals surface area contributed by atoms with Crippen molar-refractivity contribution in [3.05, 3.63) is 202 Å². The van der Waals surface area contributed by atoms with Gasteiger partial charge in [0.25, 0.3) is 6.71 Å². The Balaban J connectivity index is 1.14. The lowest BCUT2D eigenvalue weighted by Gasteiger charge is -2.47. The topological polar surface area (TPSA) is 9.72 Å². The lowest BCUT2D eigenvalue weighted by atomic mass is 9.33. The maximum atomic E-state index is 2.76. The molecule has 0 saturated carbocycles. The second kappa shape index (κ2) is 16.9. The average Bonchev–Trinajstić information content (AvgIpc) is 3.44. The number of rotatable bonds is 5. The van der Waals surface area contributed by atoms with Crippen molar-refractivity contribution in [3.63, 3.8) is 0 Å². The largest absolute Gasteiger partial charge is 0.311 e. The van der Waals surface area contributed by atoms with E-state index < -0.39 is 0 Å². The summed E-state index contributed by atoms with van der Waals surface area (Å²) in [6, 6.07) is 59.8. The minimum Gasteiger partial charge on any atom is -0.311 e. The minimum atomic E-state index is -0.210. The molecule has 0 radical (unpaired) electrons. The molecule has 0 spiro atoms. The highest BCUT2D eigenvalue weighted by Gasteiger charge is 2.50. The monoisotopic (exact) mass is 1040 g/mol. The van der Waals surface area contributed by atoms with Gasteiger partial charge in [0.05, 0.1) is 0 Å². The molecule has 2 aliphatic heterocycles. The van der Waals surface area contributed by atoms with E-state index in [0.29, 0.717) is 0 Å². The van der Waals surface area contributed by atoms with Gasteiger partial charge >= 0.3 is 0 Å². The molecular weight excluding hydrogens is 954 g/mol. The molecule has 8 aromatic rings. The van der Waals surface area contributed by atoms with E-state index in [2.05, 4.69) is 284 Å². The van der Waals surface area contributed by atoms with E-state index in [9.17, 15) is 0 Å². The lowest BCUT2D eigenvalue weighted by Crippen LogP contribution is -2.61. The van der Waals surface area contributed by atoms with Crippen LogP contribution in [0.1, 0.15) is 180 Å². The van der Waals surface area contributed by atoms with Gasteiger partial charge in [0.15, 0.2) is 0 Å². The van der Waals surface area contributed by atoms with Crippen LogP contribution in [0.15, 0.2) is 152 Å². The van der Waals surface area contributed by atoms with Crippen LogP contribution in [0, 0.1) is 6.92 Å². The van der Waals surface area contributed by atoms with Gasteiger partial charge in [0, 0.05) is 56.6 Å². The van der Waals surface area contributed by atoms with Gasteiger partial charge in [-0.2, -0.15) is 0 Å². The molecule has 0 amide bonds. The van der Waals surface area contributed by atoms with Crippen LogP contribution in [-0.2, 0) is 37.9 Å². The third kappa shape index (κ3) is 7.80. The number of hydrogen-bond donors (Lipinski definition) is 0. The number of fused-ring (bicyclic) bond motifs is 9. The molecule has 0 N–H and O–H groups in total. The van der Waals surface area contributed by atoms with E-state index in [1.807, 2.05) is 0 Å². The van der Waals surface area contributed by atoms with E-state index in [-0.39, 0.29) is 44.6 Å². The second-order valence-electron chi connectivity index (χ2n) is 29.8. The fourth-order valence-electron chi connectivity index (χ4n) is 15.4. The Morgan fingerprint density at radius 3 is 1.51 bits per heavy atom. The van der Waals surface area contributed by atoms with Crippen molar-refractivity contribution in [2.75, 3.05) is 14.7 Å². The Bertz CT molecular complexity index is 3800. The molecule has 79 heavy (non-hydrogen) atoms. The zero-order valence-corrected chi connectivity index (χ0v) is 50.5. The fourth-order valence-corrected chi connectivity index (χ4v) is 15.4. The van der Waals surface area contributed by atoms with Gasteiger partial charge in [0.1, 0.15) is 0 Å². The highest BCUT2D eigenvalue weighted by molar-refractivity contribution is 7.00. The van der Waals surface area contributed by atoms with Crippen molar-refractivity contribution >= 4 is 74.3 Å². The van der Waals surface area contributed by atoms with Crippen LogP contribution < -0.4 is 31.1 Å². The third-order valence-corrected chi connectivity index (χ3v) is 19.9. The van der Waals surface area contributed by atoms with Crippen molar-refractivity contribution in [2.24, 2.45) is 0 Å². The van der Waals surface area contributed by atoms with E-state index in [1.54, 1.807) is 0 Å². The molecule has 0 unspecified atom stereocenters. The molecule has 2 heterocycles. The van der Waals surface area contributed by atoms with E-state index >= 15 is 0 Å². The molecule has 5 aliphatic rings. The van der Waals surface area contributed by atoms with E-state index in [4.69, 9.17) is 0 Å². The summed E-state index contributed by atoms with van der Waals surface area (Å²) in [5, 5.41) is 0. The van der Waals surface area contributed by atoms with Crippen molar-refractivity contribution in [1.29, 1.82) is 0 Å². The highest BCUT2D eigenvalue weighted by atomic mass is 15.2. The third-order valence-electron chi connectivity index (χ3n) is 19.9. The molecule has 0 atom stereocenters. The predicted octanol–water partition coefficient (Wildman–Crippen LogP) is 18.8. The normalized spacial score (nSPS) is 18.2. The Kier molecular flexibility index (Phi) is 11.0. The molecule has 3 aliphatic carbocycles. The maximum absolute atomic E-state index is 2.76. The molecule has 0 fully saturated rings. The van der Waals surface area contributed by atoms with Crippen LogP contribution in [0.4, 0.5) is 51.2 Å². The average molecular weight is 1040 g/mol. The van der Waals surface area contributed by atoms with Crippen LogP contribution in [0.3, 0.4) is 0 Å². The highest BCUT2D eigenvalue weighted by Crippen LogP contribution is 2.57. The number of nitrogens with zero attached hydrogens (tertiary/aromatic N) is 3. The van der Waals surface area contributed by atoms with Crippen LogP contribution in [-0.4, -0.2) is 6.71 Å². The van der Waals surface area contributed by atoms with Gasteiger partial charge in [-0.25, -0.2) is 0 Å².